The fourth-order valence-corrected chi connectivity index (χ4v) is 2.32. The van der Waals surface area contributed by atoms with E-state index in [9.17, 15) is 4.79 Å². The molecule has 2 heterocycles. The number of rotatable bonds is 3. The molecule has 0 aliphatic carbocycles. The van der Waals surface area contributed by atoms with Gasteiger partial charge in [0.15, 0.2) is 0 Å². The van der Waals surface area contributed by atoms with Crippen LogP contribution < -0.4 is 4.90 Å². The van der Waals surface area contributed by atoms with Crippen LogP contribution in [-0.2, 0) is 4.79 Å². The second-order valence-electron chi connectivity index (χ2n) is 5.01. The topological polar surface area (TPSA) is 66.3 Å². The molecule has 5 heteroatoms. The predicted molar refractivity (Wildman–Crippen MR) is 72.0 cm³/mol. The first-order valence-corrected chi connectivity index (χ1v) is 6.34. The fraction of sp³-hybridized carbons (Fsp3) is 0.357. The lowest BCUT2D eigenvalue weighted by Gasteiger charge is -2.41. The molecule has 1 fully saturated rings. The van der Waals surface area contributed by atoms with Gasteiger partial charge in [-0.05, 0) is 12.1 Å². The van der Waals surface area contributed by atoms with Crippen LogP contribution in [0, 0.1) is 11.8 Å². The van der Waals surface area contributed by atoms with Gasteiger partial charge in [-0.3, -0.25) is 9.78 Å². The van der Waals surface area contributed by atoms with Crippen molar-refractivity contribution >= 4 is 22.8 Å². The number of benzene rings is 1. The maximum Gasteiger partial charge on any atom is 0.306 e. The van der Waals surface area contributed by atoms with E-state index in [2.05, 4.69) is 14.9 Å². The molecule has 1 saturated heterocycles. The van der Waals surface area contributed by atoms with Crippen molar-refractivity contribution in [2.24, 2.45) is 11.8 Å². The number of aromatic nitrogens is 2. The minimum atomic E-state index is -0.728. The second kappa shape index (κ2) is 4.50. The Balaban J connectivity index is 1.75. The highest BCUT2D eigenvalue weighted by Gasteiger charge is 2.35. The zero-order valence-corrected chi connectivity index (χ0v) is 10.7. The van der Waals surface area contributed by atoms with Gasteiger partial charge in [-0.2, -0.15) is 0 Å². The average molecular weight is 257 g/mol. The monoisotopic (exact) mass is 257 g/mol. The number of fused-ring (bicyclic) bond motifs is 1. The van der Waals surface area contributed by atoms with Gasteiger partial charge in [0.1, 0.15) is 5.82 Å². The van der Waals surface area contributed by atoms with Gasteiger partial charge >= 0.3 is 5.97 Å². The summed E-state index contributed by atoms with van der Waals surface area (Å²) in [6.45, 7) is 3.23. The third-order valence-electron chi connectivity index (χ3n) is 3.77. The number of para-hydroxylation sites is 2. The first kappa shape index (κ1) is 11.9. The summed E-state index contributed by atoms with van der Waals surface area (Å²) in [7, 11) is 0. The van der Waals surface area contributed by atoms with Crippen LogP contribution in [0.4, 0.5) is 5.82 Å². The molecule has 0 amide bonds. The first-order chi connectivity index (χ1) is 9.15. The number of carboxylic acids is 1. The molecule has 1 aliphatic rings. The van der Waals surface area contributed by atoms with Crippen LogP contribution in [0.3, 0.4) is 0 Å². The quantitative estimate of drug-likeness (QED) is 0.908. The average Bonchev–Trinajstić information content (AvgIpc) is 2.36. The van der Waals surface area contributed by atoms with Crippen LogP contribution in [-0.4, -0.2) is 34.1 Å². The van der Waals surface area contributed by atoms with Crippen molar-refractivity contribution in [3.63, 3.8) is 0 Å². The molecule has 3 rings (SSSR count). The van der Waals surface area contributed by atoms with Gasteiger partial charge in [-0.25, -0.2) is 4.98 Å². The molecule has 1 aromatic heterocycles. The van der Waals surface area contributed by atoms with E-state index in [1.54, 1.807) is 13.1 Å². The highest BCUT2D eigenvalue weighted by molar-refractivity contribution is 5.75. The summed E-state index contributed by atoms with van der Waals surface area (Å²) in [4.78, 5) is 21.9. The van der Waals surface area contributed by atoms with E-state index in [4.69, 9.17) is 5.11 Å². The Morgan fingerprint density at radius 1 is 1.37 bits per heavy atom. The molecule has 1 aromatic carbocycles. The summed E-state index contributed by atoms with van der Waals surface area (Å²) in [5.41, 5.74) is 1.75. The minimum absolute atomic E-state index is 0.200. The fourth-order valence-electron chi connectivity index (χ4n) is 2.32. The van der Waals surface area contributed by atoms with Gasteiger partial charge in [0, 0.05) is 19.0 Å². The van der Waals surface area contributed by atoms with E-state index < -0.39 is 5.97 Å². The second-order valence-corrected chi connectivity index (χ2v) is 5.01. The summed E-state index contributed by atoms with van der Waals surface area (Å²) in [5, 5.41) is 8.97. The highest BCUT2D eigenvalue weighted by atomic mass is 16.4. The van der Waals surface area contributed by atoms with Crippen molar-refractivity contribution in [3.05, 3.63) is 30.5 Å². The SMILES string of the molecule is CC(C(=O)O)C1CN(c2cnc3ccccc3n2)C1. The van der Waals surface area contributed by atoms with Crippen molar-refractivity contribution < 1.29 is 9.90 Å². The molecular weight excluding hydrogens is 242 g/mol. The Hall–Kier alpha value is -2.17. The Kier molecular flexibility index (Phi) is 2.81. The molecule has 0 bridgehead atoms. The molecule has 98 valence electrons. The largest absolute Gasteiger partial charge is 0.481 e. The van der Waals surface area contributed by atoms with Crippen LogP contribution in [0.25, 0.3) is 11.0 Å². The van der Waals surface area contributed by atoms with Gasteiger partial charge in [-0.1, -0.05) is 19.1 Å². The molecule has 0 saturated carbocycles. The lowest BCUT2D eigenvalue weighted by Crippen LogP contribution is -2.51. The van der Waals surface area contributed by atoms with E-state index in [1.165, 1.54) is 0 Å². The Morgan fingerprint density at radius 2 is 2.05 bits per heavy atom. The van der Waals surface area contributed by atoms with Crippen LogP contribution in [0.5, 0.6) is 0 Å². The molecule has 1 aliphatic heterocycles. The molecule has 19 heavy (non-hydrogen) atoms. The summed E-state index contributed by atoms with van der Waals surface area (Å²) in [6, 6.07) is 7.73. The predicted octanol–water partition coefficient (Wildman–Crippen LogP) is 1.79. The van der Waals surface area contributed by atoms with Crippen molar-refractivity contribution in [3.8, 4) is 0 Å². The number of carboxylic acid groups (broad SMARTS) is 1. The number of carbonyl (C=O) groups is 1. The summed E-state index contributed by atoms with van der Waals surface area (Å²) >= 11 is 0. The summed E-state index contributed by atoms with van der Waals surface area (Å²) in [5.74, 6) is -0.00257. The van der Waals surface area contributed by atoms with Gasteiger partial charge < -0.3 is 10.0 Å². The number of nitrogens with zero attached hydrogens (tertiary/aromatic N) is 3. The Labute approximate surface area is 110 Å². The van der Waals surface area contributed by atoms with E-state index >= 15 is 0 Å². The van der Waals surface area contributed by atoms with Crippen molar-refractivity contribution in [1.82, 2.24) is 9.97 Å². The van der Waals surface area contributed by atoms with Crippen LogP contribution in [0.1, 0.15) is 6.92 Å². The van der Waals surface area contributed by atoms with Gasteiger partial charge in [-0.15, -0.1) is 0 Å². The molecule has 0 spiro atoms. The number of aliphatic carboxylic acids is 1. The zero-order chi connectivity index (χ0) is 13.4. The number of hydrogen-bond donors (Lipinski definition) is 1. The smallest absolute Gasteiger partial charge is 0.306 e. The molecule has 2 aromatic rings. The zero-order valence-electron chi connectivity index (χ0n) is 10.7. The molecule has 5 nitrogen and oxygen atoms in total. The maximum atomic E-state index is 10.9. The molecular formula is C14H15N3O2. The van der Waals surface area contributed by atoms with Crippen molar-refractivity contribution in [2.75, 3.05) is 18.0 Å². The number of anilines is 1. The van der Waals surface area contributed by atoms with Crippen molar-refractivity contribution in [2.45, 2.75) is 6.92 Å². The van der Waals surface area contributed by atoms with Gasteiger partial charge in [0.05, 0.1) is 23.1 Å². The molecule has 1 N–H and O–H groups in total. The Bertz CT molecular complexity index is 623. The molecule has 1 unspecified atom stereocenters. The lowest BCUT2D eigenvalue weighted by atomic mass is 9.87. The van der Waals surface area contributed by atoms with E-state index in [-0.39, 0.29) is 11.8 Å². The third kappa shape index (κ3) is 2.12. The van der Waals surface area contributed by atoms with E-state index in [1.807, 2.05) is 24.3 Å². The van der Waals surface area contributed by atoms with Crippen molar-refractivity contribution in [1.29, 1.82) is 0 Å². The Morgan fingerprint density at radius 3 is 2.74 bits per heavy atom. The minimum Gasteiger partial charge on any atom is -0.481 e. The van der Waals surface area contributed by atoms with Crippen LogP contribution in [0.15, 0.2) is 30.5 Å². The normalized spacial score (nSPS) is 17.2. The first-order valence-electron chi connectivity index (χ1n) is 6.34. The standard InChI is InChI=1S/C14H15N3O2/c1-9(14(18)19)10-7-17(8-10)13-6-15-11-4-2-3-5-12(11)16-13/h2-6,9-10H,7-8H2,1H3,(H,18,19). The van der Waals surface area contributed by atoms with Crippen LogP contribution >= 0.6 is 0 Å². The van der Waals surface area contributed by atoms with Crippen LogP contribution in [0.2, 0.25) is 0 Å². The number of hydrogen-bond acceptors (Lipinski definition) is 4. The van der Waals surface area contributed by atoms with E-state index in [0.29, 0.717) is 0 Å². The van der Waals surface area contributed by atoms with Gasteiger partial charge in [0.2, 0.25) is 0 Å². The highest BCUT2D eigenvalue weighted by Crippen LogP contribution is 2.28. The summed E-state index contributed by atoms with van der Waals surface area (Å²) in [6.07, 6.45) is 1.75. The lowest BCUT2D eigenvalue weighted by molar-refractivity contribution is -0.143. The van der Waals surface area contributed by atoms with Gasteiger partial charge in [0.25, 0.3) is 0 Å². The van der Waals surface area contributed by atoms with E-state index in [0.717, 1.165) is 29.9 Å². The third-order valence-corrected chi connectivity index (χ3v) is 3.77. The summed E-state index contributed by atoms with van der Waals surface area (Å²) < 4.78 is 0. The molecule has 1 atom stereocenters. The maximum absolute atomic E-state index is 10.9. The molecule has 0 radical (unpaired) electrons.